The van der Waals surface area contributed by atoms with Crippen molar-refractivity contribution in [2.24, 2.45) is 0 Å². The van der Waals surface area contributed by atoms with Crippen LogP contribution in [0.2, 0.25) is 5.02 Å². The zero-order chi connectivity index (χ0) is 33.4. The van der Waals surface area contributed by atoms with E-state index in [0.717, 1.165) is 29.8 Å². The minimum absolute atomic E-state index is 0.179. The average molecular weight is 657 g/mol. The van der Waals surface area contributed by atoms with Crippen molar-refractivity contribution >= 4 is 40.7 Å². The molecule has 0 radical (unpaired) electrons. The molecule has 2 heterocycles. The van der Waals surface area contributed by atoms with E-state index in [-0.39, 0.29) is 23.2 Å². The highest BCUT2D eigenvalue weighted by molar-refractivity contribution is 6.33. The molecule has 1 aliphatic rings. The summed E-state index contributed by atoms with van der Waals surface area (Å²) in [5, 5.41) is 20.8. The number of carboxylic acid groups (broad SMARTS) is 1. The maximum atomic E-state index is 12.9. The minimum atomic E-state index is -5.08. The van der Waals surface area contributed by atoms with Crippen LogP contribution in [0.25, 0.3) is 11.1 Å². The van der Waals surface area contributed by atoms with Gasteiger partial charge in [-0.3, -0.25) is 4.79 Å². The molecule has 2 amide bonds. The van der Waals surface area contributed by atoms with Crippen molar-refractivity contribution in [3.8, 4) is 11.1 Å². The molecule has 1 fully saturated rings. The Kier molecular flexibility index (Phi) is 11.0. The van der Waals surface area contributed by atoms with Gasteiger partial charge in [0.2, 0.25) is 0 Å². The lowest BCUT2D eigenvalue weighted by atomic mass is 10.1. The number of nitrogens with zero attached hydrogens (tertiary/aromatic N) is 3. The Labute approximate surface area is 267 Å². The molecular formula is C32H32ClF3N6O4. The smallest absolute Gasteiger partial charge is 0.475 e. The Morgan fingerprint density at radius 3 is 1.93 bits per heavy atom. The predicted octanol–water partition coefficient (Wildman–Crippen LogP) is 6.08. The highest BCUT2D eigenvalue weighted by Crippen LogP contribution is 2.24. The van der Waals surface area contributed by atoms with Crippen LogP contribution in [0.1, 0.15) is 19.4 Å². The molecule has 1 aliphatic heterocycles. The van der Waals surface area contributed by atoms with Crippen LogP contribution in [0.15, 0.2) is 89.9 Å². The van der Waals surface area contributed by atoms with Crippen LogP contribution in [0, 0.1) is 0 Å². The summed E-state index contributed by atoms with van der Waals surface area (Å²) < 4.78 is 33.1. The standard InChI is InChI=1S/C30H31ClN6O2.C2HF3O2/c1-20-17-36(18-21(2)33-20)27-16-32-37(29(38)28(27)31)19-22-8-12-25(13-9-22)34-30(39)35-26-14-10-24(11-15-26)23-6-4-3-5-7-23;3-2(4,5)1(6)7/h3-16,20-21,33H,17-19H2,1-2H3,(H2,34,35,39);(H,6,7)/t20-,21+;. The van der Waals surface area contributed by atoms with Crippen LogP contribution in [-0.4, -0.2) is 58.2 Å². The predicted molar refractivity (Wildman–Crippen MR) is 172 cm³/mol. The largest absolute Gasteiger partial charge is 0.490 e. The highest BCUT2D eigenvalue weighted by atomic mass is 35.5. The number of aromatic nitrogens is 2. The van der Waals surface area contributed by atoms with Crippen LogP contribution >= 0.6 is 11.6 Å². The number of anilines is 3. The summed E-state index contributed by atoms with van der Waals surface area (Å²) in [6.45, 7) is 6.01. The summed E-state index contributed by atoms with van der Waals surface area (Å²) in [4.78, 5) is 36.4. The van der Waals surface area contributed by atoms with E-state index < -0.39 is 12.1 Å². The van der Waals surface area contributed by atoms with Crippen molar-refractivity contribution in [2.45, 2.75) is 38.7 Å². The number of carbonyl (C=O) groups excluding carboxylic acids is 1. The number of hydrogen-bond donors (Lipinski definition) is 4. The van der Waals surface area contributed by atoms with Gasteiger partial charge >= 0.3 is 18.2 Å². The fourth-order valence-electron chi connectivity index (χ4n) is 4.85. The van der Waals surface area contributed by atoms with E-state index in [1.54, 1.807) is 18.3 Å². The lowest BCUT2D eigenvalue weighted by Gasteiger charge is -2.37. The molecule has 0 aliphatic carbocycles. The maximum absolute atomic E-state index is 12.9. The Balaban J connectivity index is 0.000000617. The molecule has 1 saturated heterocycles. The number of hydrogen-bond acceptors (Lipinski definition) is 6. The highest BCUT2D eigenvalue weighted by Gasteiger charge is 2.38. The molecule has 0 saturated carbocycles. The molecule has 0 unspecified atom stereocenters. The first-order valence-corrected chi connectivity index (χ1v) is 14.6. The van der Waals surface area contributed by atoms with E-state index in [1.807, 2.05) is 66.7 Å². The number of carboxylic acids is 1. The third-order valence-electron chi connectivity index (χ3n) is 6.90. The SMILES string of the molecule is C[C@@H]1CN(c2cnn(Cc3ccc(NC(=O)Nc4ccc(-c5ccccc5)cc4)cc3)c(=O)c2Cl)C[C@H](C)N1.O=C(O)C(F)(F)F. The van der Waals surface area contributed by atoms with E-state index in [2.05, 4.69) is 39.8 Å². The fraction of sp³-hybridized carbons (Fsp3) is 0.250. The summed E-state index contributed by atoms with van der Waals surface area (Å²) in [5.74, 6) is -2.76. The maximum Gasteiger partial charge on any atom is 0.490 e. The fourth-order valence-corrected chi connectivity index (χ4v) is 5.12. The number of halogens is 4. The normalized spacial score (nSPS) is 16.2. The first-order chi connectivity index (χ1) is 21.8. The summed E-state index contributed by atoms with van der Waals surface area (Å²) in [7, 11) is 0. The molecule has 3 aromatic carbocycles. The van der Waals surface area contributed by atoms with Crippen molar-refractivity contribution in [3.05, 3.63) is 106 Å². The molecule has 1 aromatic heterocycles. The van der Waals surface area contributed by atoms with E-state index in [4.69, 9.17) is 21.5 Å². The zero-order valence-corrected chi connectivity index (χ0v) is 25.6. The van der Waals surface area contributed by atoms with Crippen molar-refractivity contribution in [1.29, 1.82) is 0 Å². The number of urea groups is 1. The lowest BCUT2D eigenvalue weighted by molar-refractivity contribution is -0.192. The first-order valence-electron chi connectivity index (χ1n) is 14.2. The molecule has 242 valence electrons. The van der Waals surface area contributed by atoms with E-state index >= 15 is 0 Å². The quantitative estimate of drug-likeness (QED) is 0.198. The molecule has 0 bridgehead atoms. The third kappa shape index (κ3) is 9.31. The molecular weight excluding hydrogens is 625 g/mol. The minimum Gasteiger partial charge on any atom is -0.475 e. The van der Waals surface area contributed by atoms with Crippen LogP contribution < -0.4 is 26.4 Å². The molecule has 2 atom stereocenters. The van der Waals surface area contributed by atoms with Crippen molar-refractivity contribution in [1.82, 2.24) is 15.1 Å². The average Bonchev–Trinajstić information content (AvgIpc) is 3.00. The Morgan fingerprint density at radius 2 is 1.41 bits per heavy atom. The van der Waals surface area contributed by atoms with Crippen LogP contribution in [0.5, 0.6) is 0 Å². The van der Waals surface area contributed by atoms with E-state index in [0.29, 0.717) is 29.1 Å². The molecule has 0 spiro atoms. The second-order valence-electron chi connectivity index (χ2n) is 10.7. The van der Waals surface area contributed by atoms with Gasteiger partial charge in [0.25, 0.3) is 5.56 Å². The molecule has 46 heavy (non-hydrogen) atoms. The van der Waals surface area contributed by atoms with E-state index in [1.165, 1.54) is 4.68 Å². The molecule has 10 nitrogen and oxygen atoms in total. The van der Waals surface area contributed by atoms with Crippen molar-refractivity contribution in [2.75, 3.05) is 28.6 Å². The van der Waals surface area contributed by atoms with Gasteiger partial charge < -0.3 is 26.0 Å². The Morgan fingerprint density at radius 1 is 0.913 bits per heavy atom. The van der Waals surface area contributed by atoms with Crippen LogP contribution in [0.4, 0.5) is 35.0 Å². The van der Waals surface area contributed by atoms with Gasteiger partial charge in [-0.2, -0.15) is 18.3 Å². The molecule has 4 N–H and O–H groups in total. The van der Waals surface area contributed by atoms with Gasteiger partial charge in [0, 0.05) is 36.5 Å². The summed E-state index contributed by atoms with van der Waals surface area (Å²) in [6.07, 6.45) is -3.42. The number of alkyl halides is 3. The number of piperazine rings is 1. The van der Waals surface area contributed by atoms with Crippen LogP contribution in [0.3, 0.4) is 0 Å². The number of benzene rings is 3. The number of nitrogens with one attached hydrogen (secondary N) is 3. The summed E-state index contributed by atoms with van der Waals surface area (Å²) in [5.41, 5.74) is 4.72. The first kappa shape index (κ1) is 34.0. The number of amides is 2. The third-order valence-corrected chi connectivity index (χ3v) is 7.26. The van der Waals surface area contributed by atoms with Gasteiger partial charge in [0.1, 0.15) is 5.02 Å². The van der Waals surface area contributed by atoms with Gasteiger partial charge in [-0.25, -0.2) is 14.3 Å². The monoisotopic (exact) mass is 656 g/mol. The van der Waals surface area contributed by atoms with Gasteiger partial charge in [0.05, 0.1) is 18.4 Å². The number of carbonyl (C=O) groups is 2. The lowest BCUT2D eigenvalue weighted by Crippen LogP contribution is -2.54. The molecule has 14 heteroatoms. The van der Waals surface area contributed by atoms with Gasteiger partial charge in [-0.05, 0) is 54.8 Å². The van der Waals surface area contributed by atoms with E-state index in [9.17, 15) is 22.8 Å². The van der Waals surface area contributed by atoms with Gasteiger partial charge in [-0.15, -0.1) is 0 Å². The summed E-state index contributed by atoms with van der Waals surface area (Å²) >= 11 is 6.49. The molecule has 5 rings (SSSR count). The Hall–Kier alpha value is -4.88. The second-order valence-corrected chi connectivity index (χ2v) is 11.1. The van der Waals surface area contributed by atoms with Crippen LogP contribution in [-0.2, 0) is 11.3 Å². The number of rotatable bonds is 6. The molecule has 4 aromatic rings. The second kappa shape index (κ2) is 14.9. The Bertz CT molecular complexity index is 1690. The topological polar surface area (TPSA) is 129 Å². The van der Waals surface area contributed by atoms with Gasteiger partial charge in [0.15, 0.2) is 0 Å². The summed E-state index contributed by atoms with van der Waals surface area (Å²) in [6, 6.07) is 25.3. The van der Waals surface area contributed by atoms with Crippen molar-refractivity contribution in [3.63, 3.8) is 0 Å². The number of aliphatic carboxylic acids is 1. The van der Waals surface area contributed by atoms with Gasteiger partial charge in [-0.1, -0.05) is 66.2 Å². The zero-order valence-electron chi connectivity index (χ0n) is 24.9. The van der Waals surface area contributed by atoms with Crippen molar-refractivity contribution < 1.29 is 27.9 Å².